The number of rotatable bonds is 3. The van der Waals surface area contributed by atoms with Gasteiger partial charge in [0.25, 0.3) is 0 Å². The van der Waals surface area contributed by atoms with E-state index in [1.165, 1.54) is 30.5 Å². The Hall–Kier alpha value is -1.98. The number of aliphatic hydroxyl groups is 2. The summed E-state index contributed by atoms with van der Waals surface area (Å²) in [5, 5.41) is 17.9. The van der Waals surface area contributed by atoms with Gasteiger partial charge in [0.15, 0.2) is 17.9 Å². The van der Waals surface area contributed by atoms with Gasteiger partial charge in [-0.15, -0.1) is 0 Å². The monoisotopic (exact) mass is 235 g/mol. The van der Waals surface area contributed by atoms with Crippen molar-refractivity contribution in [2.45, 2.75) is 6.29 Å². The highest BCUT2D eigenvalue weighted by Crippen LogP contribution is 2.24. The van der Waals surface area contributed by atoms with Crippen molar-refractivity contribution in [3.8, 4) is 11.5 Å². The van der Waals surface area contributed by atoms with E-state index in [1.54, 1.807) is 12.1 Å². The Bertz CT molecular complexity index is 517. The maximum Gasteiger partial charge on any atom is 0.196 e. The fraction of sp³-hybridized carbons (Fsp3) is 0.0833. The molecule has 17 heavy (non-hydrogen) atoms. The second kappa shape index (κ2) is 4.90. The number of hydrogen-bond acceptors (Lipinski definition) is 4. The van der Waals surface area contributed by atoms with Crippen LogP contribution in [0.25, 0.3) is 0 Å². The number of para-hydroxylation sites is 1. The standard InChI is InChI=1S/C12H10FNO3/c13-9-3-1-2-4-11(9)17-8-5-6-14-10(7-8)12(15)16/h1-7,12,15-16H. The number of benzene rings is 1. The number of hydrogen-bond donors (Lipinski definition) is 2. The molecule has 0 saturated heterocycles. The Morgan fingerprint density at radius 2 is 1.94 bits per heavy atom. The molecule has 2 N–H and O–H groups in total. The van der Waals surface area contributed by atoms with E-state index in [4.69, 9.17) is 14.9 Å². The number of aromatic nitrogens is 1. The van der Waals surface area contributed by atoms with Crippen molar-refractivity contribution in [3.05, 3.63) is 54.1 Å². The predicted octanol–water partition coefficient (Wildman–Crippen LogP) is 2.00. The molecule has 1 aromatic carbocycles. The molecule has 2 rings (SSSR count). The molecule has 5 heteroatoms. The first-order chi connectivity index (χ1) is 8.16. The van der Waals surface area contributed by atoms with E-state index in [0.717, 1.165) is 0 Å². The average Bonchev–Trinajstić information content (AvgIpc) is 2.32. The normalized spacial score (nSPS) is 10.6. The van der Waals surface area contributed by atoms with Crippen molar-refractivity contribution in [1.82, 2.24) is 4.98 Å². The van der Waals surface area contributed by atoms with Gasteiger partial charge in [-0.25, -0.2) is 4.39 Å². The van der Waals surface area contributed by atoms with Crippen LogP contribution in [0.4, 0.5) is 4.39 Å². The van der Waals surface area contributed by atoms with Gasteiger partial charge in [0, 0.05) is 12.3 Å². The molecule has 0 aliphatic carbocycles. The fourth-order valence-electron chi connectivity index (χ4n) is 1.29. The highest BCUT2D eigenvalue weighted by atomic mass is 19.1. The van der Waals surface area contributed by atoms with Crippen molar-refractivity contribution in [1.29, 1.82) is 0 Å². The van der Waals surface area contributed by atoms with Crippen LogP contribution in [-0.4, -0.2) is 15.2 Å². The summed E-state index contributed by atoms with van der Waals surface area (Å²) in [5.74, 6) is -0.138. The lowest BCUT2D eigenvalue weighted by Crippen LogP contribution is -1.98. The van der Waals surface area contributed by atoms with Gasteiger partial charge in [-0.2, -0.15) is 0 Å². The number of pyridine rings is 1. The maximum absolute atomic E-state index is 13.3. The Kier molecular flexibility index (Phi) is 3.32. The molecular weight excluding hydrogens is 225 g/mol. The molecule has 0 bridgehead atoms. The van der Waals surface area contributed by atoms with E-state index in [2.05, 4.69) is 4.98 Å². The predicted molar refractivity (Wildman–Crippen MR) is 57.9 cm³/mol. The molecule has 1 aromatic heterocycles. The molecule has 0 radical (unpaired) electrons. The number of ether oxygens (including phenoxy) is 1. The minimum absolute atomic E-state index is 0.0406. The average molecular weight is 235 g/mol. The molecular formula is C12H10FNO3. The van der Waals surface area contributed by atoms with Gasteiger partial charge in [0.2, 0.25) is 0 Å². The van der Waals surface area contributed by atoms with Crippen molar-refractivity contribution in [3.63, 3.8) is 0 Å². The second-order valence-corrected chi connectivity index (χ2v) is 3.32. The van der Waals surface area contributed by atoms with Gasteiger partial charge in [-0.05, 0) is 18.2 Å². The highest BCUT2D eigenvalue weighted by molar-refractivity contribution is 5.32. The summed E-state index contributed by atoms with van der Waals surface area (Å²) < 4.78 is 18.6. The molecule has 0 aliphatic rings. The topological polar surface area (TPSA) is 62.6 Å². The number of aliphatic hydroxyl groups excluding tert-OH is 1. The van der Waals surface area contributed by atoms with Crippen molar-refractivity contribution < 1.29 is 19.3 Å². The van der Waals surface area contributed by atoms with Crippen LogP contribution in [0.2, 0.25) is 0 Å². The van der Waals surface area contributed by atoms with E-state index in [-0.39, 0.29) is 17.2 Å². The molecule has 1 heterocycles. The van der Waals surface area contributed by atoms with Crippen LogP contribution in [0.5, 0.6) is 11.5 Å². The van der Waals surface area contributed by atoms with Gasteiger partial charge in [-0.1, -0.05) is 12.1 Å². The van der Waals surface area contributed by atoms with Crippen LogP contribution >= 0.6 is 0 Å². The molecule has 2 aromatic rings. The van der Waals surface area contributed by atoms with E-state index in [0.29, 0.717) is 0 Å². The van der Waals surface area contributed by atoms with E-state index >= 15 is 0 Å². The van der Waals surface area contributed by atoms with Crippen molar-refractivity contribution in [2.75, 3.05) is 0 Å². The summed E-state index contributed by atoms with van der Waals surface area (Å²) in [4.78, 5) is 3.73. The minimum atomic E-state index is -1.68. The van der Waals surface area contributed by atoms with Gasteiger partial charge in [0.05, 0.1) is 5.69 Å². The molecule has 0 unspecified atom stereocenters. The molecule has 4 nitrogen and oxygen atoms in total. The lowest BCUT2D eigenvalue weighted by Gasteiger charge is -2.08. The van der Waals surface area contributed by atoms with Crippen LogP contribution in [0.3, 0.4) is 0 Å². The first kappa shape index (κ1) is 11.5. The summed E-state index contributed by atoms with van der Waals surface area (Å²) in [6.45, 7) is 0. The van der Waals surface area contributed by atoms with Crippen molar-refractivity contribution in [2.24, 2.45) is 0 Å². The summed E-state index contributed by atoms with van der Waals surface area (Å²) in [7, 11) is 0. The van der Waals surface area contributed by atoms with Crippen LogP contribution in [0.1, 0.15) is 12.0 Å². The van der Waals surface area contributed by atoms with Crippen LogP contribution in [0.15, 0.2) is 42.6 Å². The Morgan fingerprint density at radius 3 is 2.65 bits per heavy atom. The summed E-state index contributed by atoms with van der Waals surface area (Å²) >= 11 is 0. The highest BCUT2D eigenvalue weighted by Gasteiger charge is 2.07. The third-order valence-electron chi connectivity index (χ3n) is 2.08. The zero-order chi connectivity index (χ0) is 12.3. The number of halogens is 1. The molecule has 88 valence electrons. The quantitative estimate of drug-likeness (QED) is 0.799. The molecule has 0 atom stereocenters. The van der Waals surface area contributed by atoms with Gasteiger partial charge >= 0.3 is 0 Å². The summed E-state index contributed by atoms with van der Waals surface area (Å²) in [6.07, 6.45) is -0.329. The third-order valence-corrected chi connectivity index (χ3v) is 2.08. The van der Waals surface area contributed by atoms with E-state index in [9.17, 15) is 4.39 Å². The smallest absolute Gasteiger partial charge is 0.196 e. The largest absolute Gasteiger partial charge is 0.454 e. The lowest BCUT2D eigenvalue weighted by molar-refractivity contribution is -0.0459. The molecule has 0 fully saturated rings. The fourth-order valence-corrected chi connectivity index (χ4v) is 1.29. The maximum atomic E-state index is 13.3. The minimum Gasteiger partial charge on any atom is -0.454 e. The number of nitrogens with zero attached hydrogens (tertiary/aromatic N) is 1. The van der Waals surface area contributed by atoms with Gasteiger partial charge in [0.1, 0.15) is 5.75 Å². The Morgan fingerprint density at radius 1 is 1.18 bits per heavy atom. The van der Waals surface area contributed by atoms with Gasteiger partial charge < -0.3 is 14.9 Å². The molecule has 0 amide bonds. The van der Waals surface area contributed by atoms with E-state index in [1.807, 2.05) is 0 Å². The van der Waals surface area contributed by atoms with Crippen LogP contribution < -0.4 is 4.74 Å². The molecule has 0 spiro atoms. The first-order valence-corrected chi connectivity index (χ1v) is 4.91. The molecule has 0 aliphatic heterocycles. The van der Waals surface area contributed by atoms with Crippen LogP contribution in [-0.2, 0) is 0 Å². The first-order valence-electron chi connectivity index (χ1n) is 4.91. The third kappa shape index (κ3) is 2.77. The summed E-state index contributed by atoms with van der Waals surface area (Å²) in [5.41, 5.74) is 0.0406. The van der Waals surface area contributed by atoms with E-state index < -0.39 is 12.1 Å². The summed E-state index contributed by atoms with van der Waals surface area (Å²) in [6, 6.07) is 8.78. The van der Waals surface area contributed by atoms with Crippen LogP contribution in [0, 0.1) is 5.82 Å². The van der Waals surface area contributed by atoms with Gasteiger partial charge in [-0.3, -0.25) is 4.98 Å². The lowest BCUT2D eigenvalue weighted by atomic mass is 10.3. The molecule has 0 saturated carbocycles. The van der Waals surface area contributed by atoms with Crippen molar-refractivity contribution >= 4 is 0 Å². The second-order valence-electron chi connectivity index (χ2n) is 3.32. The Labute approximate surface area is 96.9 Å². The zero-order valence-corrected chi connectivity index (χ0v) is 8.75. The SMILES string of the molecule is OC(O)c1cc(Oc2ccccc2F)ccn1. The Balaban J connectivity index is 2.25. The zero-order valence-electron chi connectivity index (χ0n) is 8.75.